The molecule has 0 bridgehead atoms. The van der Waals surface area contributed by atoms with Crippen LogP contribution in [-0.4, -0.2) is 30.3 Å². The summed E-state index contributed by atoms with van der Waals surface area (Å²) in [5.41, 5.74) is 0.786. The van der Waals surface area contributed by atoms with Gasteiger partial charge in [-0.05, 0) is 30.7 Å². The number of ether oxygens (including phenoxy) is 1. The highest BCUT2D eigenvalue weighted by atomic mass is 35.5. The summed E-state index contributed by atoms with van der Waals surface area (Å²) >= 11 is 12.0. The number of aromatic nitrogens is 1. The first kappa shape index (κ1) is 14.4. The molecule has 3 rings (SSSR count). The van der Waals surface area contributed by atoms with E-state index in [0.29, 0.717) is 29.6 Å². The van der Waals surface area contributed by atoms with Gasteiger partial charge in [0.25, 0.3) is 5.91 Å². The molecule has 7 heteroatoms. The second-order valence-electron chi connectivity index (χ2n) is 4.72. The molecule has 5 nitrogen and oxygen atoms in total. The highest BCUT2D eigenvalue weighted by molar-refractivity contribution is 6.35. The number of carbonyl (C=O) groups is 1. The van der Waals surface area contributed by atoms with E-state index in [2.05, 4.69) is 10.5 Å². The van der Waals surface area contributed by atoms with Gasteiger partial charge in [-0.15, -0.1) is 0 Å². The third kappa shape index (κ3) is 3.05. The number of benzene rings is 1. The minimum atomic E-state index is -0.362. The first-order valence-electron chi connectivity index (χ1n) is 6.45. The summed E-state index contributed by atoms with van der Waals surface area (Å²) in [6.07, 6.45) is 0.783. The Balaban J connectivity index is 1.81. The quantitative estimate of drug-likeness (QED) is 0.940. The van der Waals surface area contributed by atoms with Gasteiger partial charge < -0.3 is 14.6 Å². The summed E-state index contributed by atoms with van der Waals surface area (Å²) in [5, 5.41) is 7.38. The summed E-state index contributed by atoms with van der Waals surface area (Å²) in [6, 6.07) is 6.92. The van der Waals surface area contributed by atoms with Crippen LogP contribution in [0.4, 0.5) is 0 Å². The van der Waals surface area contributed by atoms with E-state index in [1.54, 1.807) is 24.3 Å². The molecule has 1 amide bonds. The first-order valence-corrected chi connectivity index (χ1v) is 7.20. The van der Waals surface area contributed by atoms with Crippen LogP contribution in [-0.2, 0) is 4.74 Å². The second kappa shape index (κ2) is 6.05. The molecular formula is C14H12Cl2N2O3. The fourth-order valence-corrected chi connectivity index (χ4v) is 2.49. The molecule has 0 radical (unpaired) electrons. The topological polar surface area (TPSA) is 64.4 Å². The van der Waals surface area contributed by atoms with Crippen molar-refractivity contribution in [2.24, 2.45) is 0 Å². The molecule has 0 unspecified atom stereocenters. The molecule has 1 atom stereocenters. The molecule has 2 heterocycles. The van der Waals surface area contributed by atoms with Crippen LogP contribution >= 0.6 is 23.2 Å². The van der Waals surface area contributed by atoms with Crippen molar-refractivity contribution in [3.63, 3.8) is 0 Å². The molecule has 0 spiro atoms. The number of hydrogen-bond donors (Lipinski definition) is 1. The van der Waals surface area contributed by atoms with Crippen molar-refractivity contribution in [2.45, 2.75) is 12.5 Å². The van der Waals surface area contributed by atoms with Crippen LogP contribution in [0, 0.1) is 0 Å². The molecule has 1 aromatic carbocycles. The van der Waals surface area contributed by atoms with Crippen molar-refractivity contribution < 1.29 is 14.1 Å². The van der Waals surface area contributed by atoms with E-state index in [-0.39, 0.29) is 22.7 Å². The van der Waals surface area contributed by atoms with Gasteiger partial charge in [-0.3, -0.25) is 4.79 Å². The molecule has 1 fully saturated rings. The van der Waals surface area contributed by atoms with E-state index in [4.69, 9.17) is 32.5 Å². The van der Waals surface area contributed by atoms with Crippen LogP contribution in [0.1, 0.15) is 16.9 Å². The zero-order valence-corrected chi connectivity index (χ0v) is 12.4. The SMILES string of the molecule is O=C(N[C@H]1CCOC1)c1noc(-c2ccc(Cl)cc2)c1Cl. The number of amides is 1. The van der Waals surface area contributed by atoms with Gasteiger partial charge in [0.1, 0.15) is 5.02 Å². The number of hydrogen-bond acceptors (Lipinski definition) is 4. The Morgan fingerprint density at radius 1 is 1.29 bits per heavy atom. The summed E-state index contributed by atoms with van der Waals surface area (Å²) in [4.78, 5) is 12.1. The minimum absolute atomic E-state index is 0.00996. The summed E-state index contributed by atoms with van der Waals surface area (Å²) in [7, 11) is 0. The van der Waals surface area contributed by atoms with E-state index in [0.717, 1.165) is 6.42 Å². The fraction of sp³-hybridized carbons (Fsp3) is 0.286. The van der Waals surface area contributed by atoms with Gasteiger partial charge in [0.15, 0.2) is 11.5 Å². The molecule has 1 aliphatic rings. The van der Waals surface area contributed by atoms with E-state index < -0.39 is 0 Å². The summed E-state index contributed by atoms with van der Waals surface area (Å²) in [6.45, 7) is 1.15. The number of nitrogens with zero attached hydrogens (tertiary/aromatic N) is 1. The highest BCUT2D eigenvalue weighted by Gasteiger charge is 2.25. The van der Waals surface area contributed by atoms with Crippen LogP contribution in [0.25, 0.3) is 11.3 Å². The van der Waals surface area contributed by atoms with Crippen molar-refractivity contribution in [1.82, 2.24) is 10.5 Å². The molecule has 1 N–H and O–H groups in total. The van der Waals surface area contributed by atoms with Crippen LogP contribution in [0.3, 0.4) is 0 Å². The smallest absolute Gasteiger partial charge is 0.275 e. The molecule has 2 aromatic rings. The van der Waals surface area contributed by atoms with Crippen LogP contribution in [0.2, 0.25) is 10.0 Å². The molecule has 0 aliphatic carbocycles. The van der Waals surface area contributed by atoms with Gasteiger partial charge in [-0.25, -0.2) is 0 Å². The minimum Gasteiger partial charge on any atom is -0.379 e. The van der Waals surface area contributed by atoms with Crippen LogP contribution in [0.5, 0.6) is 0 Å². The van der Waals surface area contributed by atoms with E-state index in [1.807, 2.05) is 0 Å². The lowest BCUT2D eigenvalue weighted by Gasteiger charge is -2.08. The lowest BCUT2D eigenvalue weighted by Crippen LogP contribution is -2.35. The molecule has 110 valence electrons. The maximum absolute atomic E-state index is 12.1. The zero-order chi connectivity index (χ0) is 14.8. The standard InChI is InChI=1S/C14H12Cl2N2O3/c15-9-3-1-8(2-4-9)13-11(16)12(18-21-13)14(19)17-10-5-6-20-7-10/h1-4,10H,5-7H2,(H,17,19)/t10-/m0/s1. The lowest BCUT2D eigenvalue weighted by molar-refractivity contribution is 0.0921. The second-order valence-corrected chi connectivity index (χ2v) is 5.53. The number of nitrogens with one attached hydrogen (secondary N) is 1. The molecule has 1 aliphatic heterocycles. The third-order valence-electron chi connectivity index (χ3n) is 3.22. The van der Waals surface area contributed by atoms with Crippen molar-refractivity contribution in [2.75, 3.05) is 13.2 Å². The van der Waals surface area contributed by atoms with Gasteiger partial charge in [-0.2, -0.15) is 0 Å². The van der Waals surface area contributed by atoms with E-state index >= 15 is 0 Å². The predicted octanol–water partition coefficient (Wildman–Crippen LogP) is 3.17. The van der Waals surface area contributed by atoms with Crippen molar-refractivity contribution in [3.05, 3.63) is 40.0 Å². The Bertz CT molecular complexity index is 649. The van der Waals surface area contributed by atoms with Gasteiger partial charge in [0.2, 0.25) is 0 Å². The van der Waals surface area contributed by atoms with Crippen LogP contribution in [0.15, 0.2) is 28.8 Å². The van der Waals surface area contributed by atoms with E-state index in [1.165, 1.54) is 0 Å². The maximum atomic E-state index is 12.1. The predicted molar refractivity (Wildman–Crippen MR) is 78.6 cm³/mol. The monoisotopic (exact) mass is 326 g/mol. The maximum Gasteiger partial charge on any atom is 0.275 e. The van der Waals surface area contributed by atoms with Crippen LogP contribution < -0.4 is 5.32 Å². The van der Waals surface area contributed by atoms with Crippen molar-refractivity contribution in [1.29, 1.82) is 0 Å². The summed E-state index contributed by atoms with van der Waals surface area (Å²) in [5.74, 6) is -0.0133. The zero-order valence-electron chi connectivity index (χ0n) is 10.9. The largest absolute Gasteiger partial charge is 0.379 e. The fourth-order valence-electron chi connectivity index (χ4n) is 2.10. The first-order chi connectivity index (χ1) is 10.1. The Morgan fingerprint density at radius 2 is 2.05 bits per heavy atom. The van der Waals surface area contributed by atoms with Gasteiger partial charge >= 0.3 is 0 Å². The van der Waals surface area contributed by atoms with Gasteiger partial charge in [-0.1, -0.05) is 28.4 Å². The Labute approximate surface area is 131 Å². The highest BCUT2D eigenvalue weighted by Crippen LogP contribution is 2.31. The number of carbonyl (C=O) groups excluding carboxylic acids is 1. The molecule has 1 aromatic heterocycles. The average molecular weight is 327 g/mol. The molecule has 21 heavy (non-hydrogen) atoms. The molecule has 0 saturated carbocycles. The average Bonchev–Trinajstić information content (AvgIpc) is 3.09. The van der Waals surface area contributed by atoms with E-state index in [9.17, 15) is 4.79 Å². The third-order valence-corrected chi connectivity index (χ3v) is 3.82. The van der Waals surface area contributed by atoms with Crippen molar-refractivity contribution in [3.8, 4) is 11.3 Å². The number of rotatable bonds is 3. The Hall–Kier alpha value is -1.56. The molecule has 1 saturated heterocycles. The number of halogens is 2. The normalized spacial score (nSPS) is 17.9. The Kier molecular flexibility index (Phi) is 4.14. The molecular weight excluding hydrogens is 315 g/mol. The van der Waals surface area contributed by atoms with Gasteiger partial charge in [0.05, 0.1) is 12.6 Å². The van der Waals surface area contributed by atoms with Gasteiger partial charge in [0, 0.05) is 17.2 Å². The summed E-state index contributed by atoms with van der Waals surface area (Å²) < 4.78 is 10.4. The Morgan fingerprint density at radius 3 is 2.71 bits per heavy atom. The lowest BCUT2D eigenvalue weighted by atomic mass is 10.1. The van der Waals surface area contributed by atoms with Crippen molar-refractivity contribution >= 4 is 29.1 Å².